The van der Waals surface area contributed by atoms with Crippen LogP contribution in [-0.2, 0) is 0 Å². The second-order valence-electron chi connectivity index (χ2n) is 5.01. The summed E-state index contributed by atoms with van der Waals surface area (Å²) in [5, 5.41) is 3.13. The van der Waals surface area contributed by atoms with Crippen molar-refractivity contribution in [3.63, 3.8) is 0 Å². The molecule has 0 aromatic rings. The van der Waals surface area contributed by atoms with E-state index < -0.39 is 0 Å². The van der Waals surface area contributed by atoms with Gasteiger partial charge in [0, 0.05) is 36.5 Å². The van der Waals surface area contributed by atoms with Gasteiger partial charge < -0.3 is 5.32 Å². The molecule has 2 rings (SSSR count). The normalized spacial score (nSPS) is 26.9. The van der Waals surface area contributed by atoms with E-state index in [0.717, 1.165) is 31.4 Å². The quantitative estimate of drug-likeness (QED) is 0.717. The third-order valence-corrected chi connectivity index (χ3v) is 4.15. The summed E-state index contributed by atoms with van der Waals surface area (Å²) in [4.78, 5) is 4.52. The van der Waals surface area contributed by atoms with Crippen molar-refractivity contribution in [3.05, 3.63) is 36.2 Å². The van der Waals surface area contributed by atoms with Gasteiger partial charge in [-0.1, -0.05) is 12.7 Å². The molecule has 2 nitrogen and oxygen atoms in total. The summed E-state index contributed by atoms with van der Waals surface area (Å²) < 4.78 is 0. The summed E-state index contributed by atoms with van der Waals surface area (Å²) in [7, 11) is 1.94. The molecule has 1 aliphatic heterocycles. The van der Waals surface area contributed by atoms with Gasteiger partial charge in [0.2, 0.25) is 0 Å². The fourth-order valence-electron chi connectivity index (χ4n) is 2.97. The molecule has 1 N–H and O–H groups in total. The highest BCUT2D eigenvalue weighted by atomic mass is 14.8. The minimum Gasteiger partial charge on any atom is -0.392 e. The molecule has 0 bridgehead atoms. The molecule has 92 valence electrons. The van der Waals surface area contributed by atoms with Crippen molar-refractivity contribution in [3.8, 4) is 0 Å². The maximum Gasteiger partial charge on any atom is 0.0404 e. The smallest absolute Gasteiger partial charge is 0.0404 e. The van der Waals surface area contributed by atoms with Crippen molar-refractivity contribution >= 4 is 6.21 Å². The first kappa shape index (κ1) is 12.2. The maximum absolute atomic E-state index is 4.52. The van der Waals surface area contributed by atoms with Crippen molar-refractivity contribution in [2.75, 3.05) is 7.05 Å². The predicted octanol–water partition coefficient (Wildman–Crippen LogP) is 3.58. The zero-order valence-corrected chi connectivity index (χ0v) is 10.8. The Morgan fingerprint density at radius 2 is 2.47 bits per heavy atom. The molecular weight excluding hydrogens is 208 g/mol. The van der Waals surface area contributed by atoms with Crippen LogP contribution in [0.4, 0.5) is 0 Å². The van der Waals surface area contributed by atoms with Crippen LogP contribution in [-0.4, -0.2) is 13.3 Å². The highest BCUT2D eigenvalue weighted by Crippen LogP contribution is 2.48. The Morgan fingerprint density at radius 3 is 3.18 bits per heavy atom. The number of rotatable bonds is 5. The molecule has 1 aliphatic carbocycles. The molecule has 17 heavy (non-hydrogen) atoms. The third-order valence-electron chi connectivity index (χ3n) is 4.15. The van der Waals surface area contributed by atoms with E-state index in [4.69, 9.17) is 0 Å². The molecule has 1 atom stereocenters. The van der Waals surface area contributed by atoms with Gasteiger partial charge in [0.25, 0.3) is 0 Å². The van der Waals surface area contributed by atoms with Gasteiger partial charge in [-0.2, -0.15) is 0 Å². The lowest BCUT2D eigenvalue weighted by Crippen LogP contribution is -2.25. The molecule has 1 unspecified atom stereocenters. The van der Waals surface area contributed by atoms with E-state index in [0.29, 0.717) is 0 Å². The fourth-order valence-corrected chi connectivity index (χ4v) is 2.97. The van der Waals surface area contributed by atoms with Gasteiger partial charge in [-0.3, -0.25) is 4.99 Å². The number of aliphatic imine (C=N–C) groups is 1. The van der Waals surface area contributed by atoms with Gasteiger partial charge in [-0.05, 0) is 37.7 Å². The number of nitrogens with zero attached hydrogens (tertiary/aromatic N) is 1. The van der Waals surface area contributed by atoms with Crippen LogP contribution in [0.2, 0.25) is 0 Å². The largest absolute Gasteiger partial charge is 0.392 e. The lowest BCUT2D eigenvalue weighted by Gasteiger charge is -2.36. The van der Waals surface area contributed by atoms with Gasteiger partial charge in [0.1, 0.15) is 0 Å². The number of allylic oxidation sites excluding steroid dienone is 4. The highest BCUT2D eigenvalue weighted by Gasteiger charge is 2.36. The van der Waals surface area contributed by atoms with Crippen LogP contribution >= 0.6 is 0 Å². The van der Waals surface area contributed by atoms with Crippen LogP contribution in [0, 0.1) is 5.41 Å². The minimum absolute atomic E-state index is 0.171. The lowest BCUT2D eigenvalue weighted by molar-refractivity contribution is 0.350. The van der Waals surface area contributed by atoms with E-state index in [-0.39, 0.29) is 5.41 Å². The molecule has 0 saturated heterocycles. The summed E-state index contributed by atoms with van der Waals surface area (Å²) in [6.07, 6.45) is 10.9. The minimum atomic E-state index is 0.171. The zero-order valence-electron chi connectivity index (χ0n) is 10.8. The molecule has 0 aromatic carbocycles. The van der Waals surface area contributed by atoms with Crippen molar-refractivity contribution in [2.24, 2.45) is 10.4 Å². The molecular formula is C15H22N2. The van der Waals surface area contributed by atoms with Crippen LogP contribution in [0.5, 0.6) is 0 Å². The first-order valence-corrected chi connectivity index (χ1v) is 6.46. The molecule has 0 saturated carbocycles. The summed E-state index contributed by atoms with van der Waals surface area (Å²) in [5.74, 6) is 0. The van der Waals surface area contributed by atoms with Gasteiger partial charge in [0.05, 0.1) is 0 Å². The van der Waals surface area contributed by atoms with Crippen LogP contribution in [0.3, 0.4) is 0 Å². The highest BCUT2D eigenvalue weighted by molar-refractivity contribution is 5.69. The van der Waals surface area contributed by atoms with E-state index in [2.05, 4.69) is 35.8 Å². The predicted molar refractivity (Wildman–Crippen MR) is 74.0 cm³/mol. The Hall–Kier alpha value is -1.31. The molecule has 0 aromatic heterocycles. The lowest BCUT2D eigenvalue weighted by atomic mass is 9.68. The standard InChI is InChI=1S/C15H22N2/c1-4-15(10-7-12(2)16-3)9-5-6-14-13(15)8-11-17-14/h4,11,16H,1-2,5-10H2,3H3. The van der Waals surface area contributed by atoms with Gasteiger partial charge in [0.15, 0.2) is 0 Å². The SMILES string of the molecule is C=CC1(CCC(=C)NC)CCCC2=C1CC=N2. The molecule has 2 heteroatoms. The number of hydrogen-bond acceptors (Lipinski definition) is 2. The fraction of sp³-hybridized carbons (Fsp3) is 0.533. The molecule has 0 spiro atoms. The average Bonchev–Trinajstić information content (AvgIpc) is 2.85. The van der Waals surface area contributed by atoms with Crippen molar-refractivity contribution < 1.29 is 0 Å². The van der Waals surface area contributed by atoms with Gasteiger partial charge >= 0.3 is 0 Å². The first-order valence-electron chi connectivity index (χ1n) is 6.46. The van der Waals surface area contributed by atoms with Crippen LogP contribution in [0.1, 0.15) is 38.5 Å². The summed E-state index contributed by atoms with van der Waals surface area (Å²) in [6.45, 7) is 8.10. The topological polar surface area (TPSA) is 24.4 Å². The first-order chi connectivity index (χ1) is 8.22. The van der Waals surface area contributed by atoms with Crippen molar-refractivity contribution in [2.45, 2.75) is 38.5 Å². The molecule has 2 aliphatic rings. The molecule has 1 heterocycles. The zero-order chi connectivity index (χ0) is 12.3. The van der Waals surface area contributed by atoms with E-state index >= 15 is 0 Å². The second kappa shape index (κ2) is 4.91. The van der Waals surface area contributed by atoms with Crippen molar-refractivity contribution in [1.82, 2.24) is 5.32 Å². The summed E-state index contributed by atoms with van der Waals surface area (Å²) in [5.41, 5.74) is 4.12. The van der Waals surface area contributed by atoms with Crippen LogP contribution in [0.15, 0.2) is 41.2 Å². The Kier molecular flexibility index (Phi) is 3.51. The molecule has 0 radical (unpaired) electrons. The van der Waals surface area contributed by atoms with E-state index in [1.54, 1.807) is 0 Å². The Bertz CT molecular complexity index is 390. The number of nitrogens with one attached hydrogen (secondary N) is 1. The Morgan fingerprint density at radius 1 is 1.65 bits per heavy atom. The van der Waals surface area contributed by atoms with E-state index in [1.807, 2.05) is 7.05 Å². The van der Waals surface area contributed by atoms with Crippen molar-refractivity contribution in [1.29, 1.82) is 0 Å². The second-order valence-corrected chi connectivity index (χ2v) is 5.01. The Labute approximate surface area is 104 Å². The maximum atomic E-state index is 4.52. The van der Waals surface area contributed by atoms with Gasteiger partial charge in [-0.15, -0.1) is 6.58 Å². The summed E-state index contributed by atoms with van der Waals surface area (Å²) in [6, 6.07) is 0. The number of hydrogen-bond donors (Lipinski definition) is 1. The van der Waals surface area contributed by atoms with E-state index in [9.17, 15) is 0 Å². The monoisotopic (exact) mass is 230 g/mol. The average molecular weight is 230 g/mol. The molecule has 0 amide bonds. The Balaban J connectivity index is 2.16. The van der Waals surface area contributed by atoms with Crippen LogP contribution < -0.4 is 5.32 Å². The van der Waals surface area contributed by atoms with Crippen LogP contribution in [0.25, 0.3) is 0 Å². The molecule has 0 fully saturated rings. The van der Waals surface area contributed by atoms with Gasteiger partial charge in [-0.25, -0.2) is 0 Å². The summed E-state index contributed by atoms with van der Waals surface area (Å²) >= 11 is 0. The third kappa shape index (κ3) is 2.21. The van der Waals surface area contributed by atoms with E-state index in [1.165, 1.54) is 24.1 Å².